The number of aromatic nitrogens is 2. The van der Waals surface area contributed by atoms with Crippen molar-refractivity contribution in [2.75, 3.05) is 7.11 Å². The van der Waals surface area contributed by atoms with Gasteiger partial charge in [-0.25, -0.2) is 4.98 Å². The van der Waals surface area contributed by atoms with Gasteiger partial charge in [0.15, 0.2) is 5.78 Å². The van der Waals surface area contributed by atoms with Gasteiger partial charge in [-0.15, -0.1) is 0 Å². The first-order valence-corrected chi connectivity index (χ1v) is 6.47. The summed E-state index contributed by atoms with van der Waals surface area (Å²) >= 11 is 0. The third-order valence-electron chi connectivity index (χ3n) is 3.42. The van der Waals surface area contributed by atoms with Crippen molar-refractivity contribution in [3.63, 3.8) is 0 Å². The van der Waals surface area contributed by atoms with Gasteiger partial charge in [-0.1, -0.05) is 13.8 Å². The third kappa shape index (κ3) is 2.72. The normalized spacial score (nSPS) is 13.4. The van der Waals surface area contributed by atoms with Gasteiger partial charge in [0.2, 0.25) is 5.82 Å². The lowest BCUT2D eigenvalue weighted by molar-refractivity contribution is -0.144. The van der Waals surface area contributed by atoms with Crippen molar-refractivity contribution in [2.24, 2.45) is 5.92 Å². The zero-order valence-electron chi connectivity index (χ0n) is 11.8. The number of Topliss-reactive ketones (excluding diaryl/α,β-unsaturated/α-hetero) is 1. The van der Waals surface area contributed by atoms with Crippen LogP contribution in [0, 0.1) is 5.92 Å². The summed E-state index contributed by atoms with van der Waals surface area (Å²) < 4.78 is 43.4. The Kier molecular flexibility index (Phi) is 3.93. The maximum Gasteiger partial charge on any atom is 0.449 e. The first-order valence-electron chi connectivity index (χ1n) is 6.47. The van der Waals surface area contributed by atoms with Gasteiger partial charge in [0.1, 0.15) is 16.8 Å². The highest BCUT2D eigenvalue weighted by atomic mass is 19.4. The molecular formula is C14H15F3N2O2. The summed E-state index contributed by atoms with van der Waals surface area (Å²) in [6.45, 7) is 3.57. The zero-order valence-corrected chi connectivity index (χ0v) is 11.8. The van der Waals surface area contributed by atoms with E-state index in [4.69, 9.17) is 4.74 Å². The van der Waals surface area contributed by atoms with Gasteiger partial charge in [0, 0.05) is 11.5 Å². The van der Waals surface area contributed by atoms with Crippen molar-refractivity contribution < 1.29 is 22.7 Å². The van der Waals surface area contributed by atoms with Crippen molar-refractivity contribution in [3.05, 3.63) is 23.5 Å². The molecule has 114 valence electrons. The van der Waals surface area contributed by atoms with Crippen LogP contribution in [-0.2, 0) is 6.18 Å². The van der Waals surface area contributed by atoms with Gasteiger partial charge < -0.3 is 9.72 Å². The minimum Gasteiger partial charge on any atom is -0.494 e. The van der Waals surface area contributed by atoms with Crippen molar-refractivity contribution >= 4 is 16.8 Å². The summed E-state index contributed by atoms with van der Waals surface area (Å²) in [5.74, 6) is -1.44. The number of halogens is 3. The van der Waals surface area contributed by atoms with E-state index in [0.29, 0.717) is 6.42 Å². The minimum absolute atomic E-state index is 0.00743. The van der Waals surface area contributed by atoms with Crippen LogP contribution in [0.4, 0.5) is 13.2 Å². The molecule has 0 saturated heterocycles. The van der Waals surface area contributed by atoms with Crippen LogP contribution in [0.2, 0.25) is 0 Å². The summed E-state index contributed by atoms with van der Waals surface area (Å²) in [6, 6.07) is 2.92. The Labute approximate surface area is 119 Å². The molecule has 0 spiro atoms. The summed E-state index contributed by atoms with van der Waals surface area (Å²) in [6.07, 6.45) is -4.01. The molecule has 1 aromatic heterocycles. The van der Waals surface area contributed by atoms with E-state index in [0.717, 1.165) is 0 Å². The summed E-state index contributed by atoms with van der Waals surface area (Å²) in [4.78, 5) is 18.0. The fraction of sp³-hybridized carbons (Fsp3) is 0.429. The number of methoxy groups -OCH3 is 1. The molecule has 21 heavy (non-hydrogen) atoms. The Balaban J connectivity index is 2.68. The molecular weight excluding hydrogens is 285 g/mol. The number of fused-ring (bicyclic) bond motifs is 1. The topological polar surface area (TPSA) is 55.0 Å². The van der Waals surface area contributed by atoms with Gasteiger partial charge in [0.05, 0.1) is 7.11 Å². The number of aromatic amines is 1. The Morgan fingerprint density at radius 3 is 2.62 bits per heavy atom. The van der Waals surface area contributed by atoms with Crippen molar-refractivity contribution in [3.8, 4) is 5.75 Å². The molecule has 0 aliphatic carbocycles. The number of carbonyl (C=O) groups excluding carboxylic acids is 1. The predicted molar refractivity (Wildman–Crippen MR) is 71.4 cm³/mol. The quantitative estimate of drug-likeness (QED) is 0.873. The fourth-order valence-corrected chi connectivity index (χ4v) is 2.02. The van der Waals surface area contributed by atoms with Crippen LogP contribution in [0.1, 0.15) is 36.5 Å². The highest BCUT2D eigenvalue weighted by Gasteiger charge is 2.36. The third-order valence-corrected chi connectivity index (χ3v) is 3.42. The van der Waals surface area contributed by atoms with Gasteiger partial charge in [-0.3, -0.25) is 4.79 Å². The first-order chi connectivity index (χ1) is 9.79. The molecule has 0 bridgehead atoms. The number of nitrogens with one attached hydrogen (secondary N) is 1. The Hall–Kier alpha value is -2.05. The van der Waals surface area contributed by atoms with Crippen molar-refractivity contribution in [1.82, 2.24) is 9.97 Å². The van der Waals surface area contributed by atoms with Gasteiger partial charge in [-0.2, -0.15) is 13.2 Å². The number of benzene rings is 1. The number of ketones is 1. The van der Waals surface area contributed by atoms with E-state index < -0.39 is 12.0 Å². The lowest BCUT2D eigenvalue weighted by Gasteiger charge is -2.09. The Morgan fingerprint density at radius 1 is 1.43 bits per heavy atom. The fourth-order valence-electron chi connectivity index (χ4n) is 2.02. The van der Waals surface area contributed by atoms with E-state index in [1.807, 2.05) is 6.92 Å². The molecule has 0 aliphatic heterocycles. The number of hydrogen-bond acceptors (Lipinski definition) is 3. The van der Waals surface area contributed by atoms with Crippen LogP contribution in [0.5, 0.6) is 5.75 Å². The van der Waals surface area contributed by atoms with Crippen LogP contribution < -0.4 is 4.74 Å². The molecule has 0 saturated carbocycles. The van der Waals surface area contributed by atoms with Crippen LogP contribution in [-0.4, -0.2) is 22.9 Å². The van der Waals surface area contributed by atoms with Gasteiger partial charge >= 0.3 is 6.18 Å². The number of carbonyl (C=O) groups is 1. The number of imidazole rings is 1. The number of H-pyrrole nitrogens is 1. The lowest BCUT2D eigenvalue weighted by atomic mass is 9.96. The van der Waals surface area contributed by atoms with Crippen LogP contribution in [0.3, 0.4) is 0 Å². The number of rotatable bonds is 4. The molecule has 0 fully saturated rings. The van der Waals surface area contributed by atoms with Gasteiger partial charge in [0.25, 0.3) is 0 Å². The summed E-state index contributed by atoms with van der Waals surface area (Å²) in [5.41, 5.74) is 0.248. The van der Waals surface area contributed by atoms with Crippen LogP contribution in [0.25, 0.3) is 11.0 Å². The molecule has 2 aromatic rings. The van der Waals surface area contributed by atoms with E-state index in [9.17, 15) is 18.0 Å². The summed E-state index contributed by atoms with van der Waals surface area (Å²) in [5, 5.41) is 0. The van der Waals surface area contributed by atoms with E-state index in [2.05, 4.69) is 9.97 Å². The second-order valence-electron chi connectivity index (χ2n) is 4.80. The molecule has 7 heteroatoms. The van der Waals surface area contributed by atoms with Crippen molar-refractivity contribution in [1.29, 1.82) is 0 Å². The highest BCUT2D eigenvalue weighted by Crippen LogP contribution is 2.34. The zero-order chi connectivity index (χ0) is 15.8. The van der Waals surface area contributed by atoms with Crippen LogP contribution >= 0.6 is 0 Å². The SMILES string of the molecule is CCC(C)C(=O)c1ccc(OC)c2[nH]c(C(F)(F)F)nc12. The molecule has 0 radical (unpaired) electrons. The molecule has 1 unspecified atom stereocenters. The molecule has 1 atom stereocenters. The van der Waals surface area contributed by atoms with Crippen LogP contribution in [0.15, 0.2) is 12.1 Å². The standard InChI is InChI=1S/C14H15F3N2O2/c1-4-7(2)12(20)8-5-6-9(21-3)11-10(8)18-13(19-11)14(15,16)17/h5-7H,4H2,1-3H3,(H,18,19). The smallest absolute Gasteiger partial charge is 0.449 e. The molecule has 1 N–H and O–H groups in total. The number of hydrogen-bond donors (Lipinski definition) is 1. The molecule has 4 nitrogen and oxygen atoms in total. The molecule has 2 rings (SSSR count). The Bertz CT molecular complexity index is 677. The number of alkyl halides is 3. The number of nitrogens with zero attached hydrogens (tertiary/aromatic N) is 1. The molecule has 1 aromatic carbocycles. The van der Waals surface area contributed by atoms with E-state index >= 15 is 0 Å². The first kappa shape index (κ1) is 15.3. The molecule has 0 amide bonds. The number of ether oxygens (including phenoxy) is 1. The second-order valence-corrected chi connectivity index (χ2v) is 4.80. The largest absolute Gasteiger partial charge is 0.494 e. The van der Waals surface area contributed by atoms with E-state index in [1.165, 1.54) is 19.2 Å². The Morgan fingerprint density at radius 2 is 2.10 bits per heavy atom. The highest BCUT2D eigenvalue weighted by molar-refractivity contribution is 6.08. The predicted octanol–water partition coefficient (Wildman–Crippen LogP) is 3.82. The molecule has 1 heterocycles. The maximum absolute atomic E-state index is 12.8. The van der Waals surface area contributed by atoms with E-state index in [-0.39, 0.29) is 34.0 Å². The van der Waals surface area contributed by atoms with Gasteiger partial charge in [-0.05, 0) is 18.6 Å². The molecule has 0 aliphatic rings. The summed E-state index contributed by atoms with van der Waals surface area (Å²) in [7, 11) is 1.35. The minimum atomic E-state index is -4.61. The van der Waals surface area contributed by atoms with E-state index in [1.54, 1.807) is 6.92 Å². The average molecular weight is 300 g/mol. The average Bonchev–Trinajstić information content (AvgIpc) is 2.89. The lowest BCUT2D eigenvalue weighted by Crippen LogP contribution is -2.11. The monoisotopic (exact) mass is 300 g/mol. The van der Waals surface area contributed by atoms with Crippen molar-refractivity contribution in [2.45, 2.75) is 26.4 Å². The second kappa shape index (κ2) is 5.38. The maximum atomic E-state index is 12.8.